The van der Waals surface area contributed by atoms with E-state index < -0.39 is 6.10 Å². The second-order valence-corrected chi connectivity index (χ2v) is 4.19. The van der Waals surface area contributed by atoms with Crippen molar-refractivity contribution in [2.75, 3.05) is 13.2 Å². The van der Waals surface area contributed by atoms with Crippen LogP contribution in [-0.2, 0) is 16.1 Å². The van der Waals surface area contributed by atoms with Gasteiger partial charge in [0.1, 0.15) is 5.75 Å². The average Bonchev–Trinajstić information content (AvgIpc) is 2.39. The Hall–Kier alpha value is -1.62. The Morgan fingerprint density at radius 3 is 2.79 bits per heavy atom. The minimum atomic E-state index is -0.634. The SMILES string of the molecule is CCNCc1nc(C)ccc1OC(C)C(=O)OCC. The fraction of sp³-hybridized carbons (Fsp3) is 0.571. The molecule has 19 heavy (non-hydrogen) atoms. The van der Waals surface area contributed by atoms with Crippen LogP contribution in [0.3, 0.4) is 0 Å². The second kappa shape index (κ2) is 7.74. The summed E-state index contributed by atoms with van der Waals surface area (Å²) in [4.78, 5) is 16.0. The van der Waals surface area contributed by atoms with Crippen molar-refractivity contribution in [2.24, 2.45) is 0 Å². The first-order valence-corrected chi connectivity index (χ1v) is 6.59. The molecule has 1 atom stereocenters. The molecule has 1 unspecified atom stereocenters. The number of hydrogen-bond donors (Lipinski definition) is 1. The Balaban J connectivity index is 2.78. The van der Waals surface area contributed by atoms with E-state index in [9.17, 15) is 4.79 Å². The minimum Gasteiger partial charge on any atom is -0.477 e. The predicted octanol–water partition coefficient (Wildman–Crippen LogP) is 1.83. The number of carbonyl (C=O) groups excluding carboxylic acids is 1. The molecule has 1 heterocycles. The van der Waals surface area contributed by atoms with Gasteiger partial charge in [0.05, 0.1) is 12.3 Å². The van der Waals surface area contributed by atoms with Gasteiger partial charge < -0.3 is 14.8 Å². The van der Waals surface area contributed by atoms with E-state index >= 15 is 0 Å². The Kier molecular flexibility index (Phi) is 6.29. The number of rotatable bonds is 7. The molecule has 0 aromatic carbocycles. The van der Waals surface area contributed by atoms with Gasteiger partial charge in [0.15, 0.2) is 6.10 Å². The number of nitrogens with one attached hydrogen (secondary N) is 1. The van der Waals surface area contributed by atoms with Gasteiger partial charge in [-0.1, -0.05) is 6.92 Å². The van der Waals surface area contributed by atoms with E-state index in [4.69, 9.17) is 9.47 Å². The largest absolute Gasteiger partial charge is 0.477 e. The van der Waals surface area contributed by atoms with Crippen molar-refractivity contribution < 1.29 is 14.3 Å². The van der Waals surface area contributed by atoms with Crippen molar-refractivity contribution in [1.82, 2.24) is 10.3 Å². The number of aromatic nitrogens is 1. The quantitative estimate of drug-likeness (QED) is 0.763. The van der Waals surface area contributed by atoms with Gasteiger partial charge in [-0.05, 0) is 39.4 Å². The fourth-order valence-electron chi connectivity index (χ4n) is 1.57. The molecule has 1 aromatic heterocycles. The van der Waals surface area contributed by atoms with Crippen LogP contribution in [0.2, 0.25) is 0 Å². The van der Waals surface area contributed by atoms with Gasteiger partial charge in [-0.3, -0.25) is 4.98 Å². The number of carbonyl (C=O) groups is 1. The molecule has 5 nitrogen and oxygen atoms in total. The van der Waals surface area contributed by atoms with Crippen molar-refractivity contribution in [3.63, 3.8) is 0 Å². The molecule has 106 valence electrons. The summed E-state index contributed by atoms with van der Waals surface area (Å²) >= 11 is 0. The number of nitrogens with zero attached hydrogens (tertiary/aromatic N) is 1. The van der Waals surface area contributed by atoms with E-state index in [1.165, 1.54) is 0 Å². The molecular weight excluding hydrogens is 244 g/mol. The van der Waals surface area contributed by atoms with Gasteiger partial charge >= 0.3 is 5.97 Å². The maximum atomic E-state index is 11.6. The highest BCUT2D eigenvalue weighted by Crippen LogP contribution is 2.18. The monoisotopic (exact) mass is 266 g/mol. The number of esters is 1. The van der Waals surface area contributed by atoms with Gasteiger partial charge in [0.2, 0.25) is 0 Å². The van der Waals surface area contributed by atoms with Crippen molar-refractivity contribution in [3.8, 4) is 5.75 Å². The zero-order valence-corrected chi connectivity index (χ0v) is 12.0. The van der Waals surface area contributed by atoms with Crippen LogP contribution in [0.25, 0.3) is 0 Å². The molecule has 0 saturated carbocycles. The first kappa shape index (κ1) is 15.4. The van der Waals surface area contributed by atoms with Crippen molar-refractivity contribution in [3.05, 3.63) is 23.5 Å². The van der Waals surface area contributed by atoms with Gasteiger partial charge in [-0.2, -0.15) is 0 Å². The van der Waals surface area contributed by atoms with Crippen molar-refractivity contribution in [1.29, 1.82) is 0 Å². The van der Waals surface area contributed by atoms with Crippen LogP contribution in [0.5, 0.6) is 5.75 Å². The fourth-order valence-corrected chi connectivity index (χ4v) is 1.57. The van der Waals surface area contributed by atoms with Crippen LogP contribution in [0.15, 0.2) is 12.1 Å². The lowest BCUT2D eigenvalue weighted by Crippen LogP contribution is -2.27. The molecule has 0 fully saturated rings. The summed E-state index contributed by atoms with van der Waals surface area (Å²) in [5.74, 6) is 0.254. The van der Waals surface area contributed by atoms with Crippen LogP contribution in [0.1, 0.15) is 32.2 Å². The molecular formula is C14H22N2O3. The Morgan fingerprint density at radius 2 is 2.16 bits per heavy atom. The molecule has 1 aromatic rings. The van der Waals surface area contributed by atoms with Crippen molar-refractivity contribution in [2.45, 2.75) is 40.3 Å². The highest BCUT2D eigenvalue weighted by atomic mass is 16.6. The zero-order chi connectivity index (χ0) is 14.3. The highest BCUT2D eigenvalue weighted by Gasteiger charge is 2.17. The van der Waals surface area contributed by atoms with Gasteiger partial charge in [-0.25, -0.2) is 4.79 Å². The maximum absolute atomic E-state index is 11.6. The Labute approximate surface area is 114 Å². The standard InChI is InChI=1S/C14H22N2O3/c1-5-15-9-12-13(8-7-10(3)16-12)19-11(4)14(17)18-6-2/h7-8,11,15H,5-6,9H2,1-4H3. The predicted molar refractivity (Wildman–Crippen MR) is 73.1 cm³/mol. The summed E-state index contributed by atoms with van der Waals surface area (Å²) in [5.41, 5.74) is 1.72. The summed E-state index contributed by atoms with van der Waals surface area (Å²) in [6.07, 6.45) is -0.634. The van der Waals surface area contributed by atoms with E-state index in [2.05, 4.69) is 10.3 Å². The summed E-state index contributed by atoms with van der Waals surface area (Å²) in [6, 6.07) is 3.70. The molecule has 0 saturated heterocycles. The summed E-state index contributed by atoms with van der Waals surface area (Å²) in [6.45, 7) is 9.21. The van der Waals surface area contributed by atoms with Gasteiger partial charge in [-0.15, -0.1) is 0 Å². The molecule has 0 spiro atoms. The topological polar surface area (TPSA) is 60.5 Å². The molecule has 0 aliphatic heterocycles. The van der Waals surface area contributed by atoms with Gasteiger partial charge in [0.25, 0.3) is 0 Å². The number of ether oxygens (including phenoxy) is 2. The first-order valence-electron chi connectivity index (χ1n) is 6.59. The Bertz CT molecular complexity index is 421. The lowest BCUT2D eigenvalue weighted by Gasteiger charge is -2.16. The van der Waals surface area contributed by atoms with E-state index in [-0.39, 0.29) is 5.97 Å². The second-order valence-electron chi connectivity index (χ2n) is 4.19. The van der Waals surface area contributed by atoms with E-state index in [1.807, 2.05) is 26.0 Å². The average molecular weight is 266 g/mol. The lowest BCUT2D eigenvalue weighted by atomic mass is 10.2. The third kappa shape index (κ3) is 4.87. The molecule has 0 aliphatic rings. The van der Waals surface area contributed by atoms with Crippen LogP contribution in [0, 0.1) is 6.92 Å². The maximum Gasteiger partial charge on any atom is 0.347 e. The number of hydrogen-bond acceptors (Lipinski definition) is 5. The van der Waals surface area contributed by atoms with E-state index in [0.717, 1.165) is 17.9 Å². The Morgan fingerprint density at radius 1 is 1.42 bits per heavy atom. The number of aryl methyl sites for hydroxylation is 1. The van der Waals surface area contributed by atoms with Crippen molar-refractivity contribution >= 4 is 5.97 Å². The normalized spacial score (nSPS) is 12.0. The van der Waals surface area contributed by atoms with Crippen LogP contribution >= 0.6 is 0 Å². The summed E-state index contributed by atoms with van der Waals surface area (Å²) in [7, 11) is 0. The molecule has 1 N–H and O–H groups in total. The highest BCUT2D eigenvalue weighted by molar-refractivity contribution is 5.74. The molecule has 0 aliphatic carbocycles. The smallest absolute Gasteiger partial charge is 0.347 e. The summed E-state index contributed by atoms with van der Waals surface area (Å²) < 4.78 is 10.6. The third-order valence-electron chi connectivity index (χ3n) is 2.54. The van der Waals surface area contributed by atoms with E-state index in [1.54, 1.807) is 13.8 Å². The molecule has 0 radical (unpaired) electrons. The molecule has 5 heteroatoms. The molecule has 0 bridgehead atoms. The van der Waals surface area contributed by atoms with Gasteiger partial charge in [0, 0.05) is 12.2 Å². The first-order chi connectivity index (χ1) is 9.08. The lowest BCUT2D eigenvalue weighted by molar-refractivity contribution is -0.150. The summed E-state index contributed by atoms with van der Waals surface area (Å²) in [5, 5.41) is 3.20. The van der Waals surface area contributed by atoms with Crippen LogP contribution < -0.4 is 10.1 Å². The molecule has 1 rings (SSSR count). The molecule has 0 amide bonds. The van der Waals surface area contributed by atoms with Crippen LogP contribution in [-0.4, -0.2) is 30.2 Å². The van der Waals surface area contributed by atoms with E-state index in [0.29, 0.717) is 18.9 Å². The van der Waals surface area contributed by atoms with Crippen LogP contribution in [0.4, 0.5) is 0 Å². The minimum absolute atomic E-state index is 0.350. The third-order valence-corrected chi connectivity index (χ3v) is 2.54. The number of pyridine rings is 1. The zero-order valence-electron chi connectivity index (χ0n) is 12.0.